The first kappa shape index (κ1) is 15.8. The number of hydrogen-bond acceptors (Lipinski definition) is 6. The molecule has 4 rings (SSSR count). The Morgan fingerprint density at radius 3 is 2.84 bits per heavy atom. The van der Waals surface area contributed by atoms with Gasteiger partial charge in [-0.25, -0.2) is 23.1 Å². The van der Waals surface area contributed by atoms with Gasteiger partial charge in [-0.15, -0.1) is 0 Å². The lowest BCUT2D eigenvalue weighted by molar-refractivity contribution is -0.126. The van der Waals surface area contributed by atoms with Crippen molar-refractivity contribution in [2.75, 3.05) is 19.0 Å². The Bertz CT molecular complexity index is 1090. The molecular formula is C15H16N6O3S. The van der Waals surface area contributed by atoms with Crippen LogP contribution in [-0.4, -0.2) is 47.9 Å². The number of hydrogen-bond donors (Lipinski definition) is 3. The van der Waals surface area contributed by atoms with Crippen LogP contribution >= 0.6 is 0 Å². The lowest BCUT2D eigenvalue weighted by atomic mass is 10.2. The molecule has 25 heavy (non-hydrogen) atoms. The van der Waals surface area contributed by atoms with Crippen LogP contribution in [-0.2, 0) is 14.8 Å². The maximum Gasteiger partial charge on any atom is 0.242 e. The predicted octanol–water partition coefficient (Wildman–Crippen LogP) is 0.968. The molecule has 0 saturated carbocycles. The van der Waals surface area contributed by atoms with Crippen LogP contribution in [0.25, 0.3) is 21.9 Å². The second-order valence-electron chi connectivity index (χ2n) is 5.72. The van der Waals surface area contributed by atoms with Crippen LogP contribution in [0.3, 0.4) is 0 Å². The molecule has 3 aromatic rings. The first-order valence-electron chi connectivity index (χ1n) is 7.77. The molecule has 1 aliphatic rings. The minimum Gasteiger partial charge on any atom is -0.338 e. The molecule has 10 heteroatoms. The van der Waals surface area contributed by atoms with E-state index in [2.05, 4.69) is 25.1 Å². The molecule has 3 N–H and O–H groups in total. The van der Waals surface area contributed by atoms with Crippen molar-refractivity contribution in [3.8, 4) is 0 Å². The standard InChI is InChI=1S/C15H16N6O3S/c1-16-25(23,24)10-5-2-4-9-12-14(19-13(9)10)17-8-18-15(12)20-21-7-3-6-11(21)22/h2,4-5,8,16H,3,6-7H2,1H3,(H2,17,18,19,20). The average molecular weight is 360 g/mol. The summed E-state index contributed by atoms with van der Waals surface area (Å²) >= 11 is 0. The quantitative estimate of drug-likeness (QED) is 0.638. The third kappa shape index (κ3) is 2.50. The van der Waals surface area contributed by atoms with Crippen LogP contribution in [0, 0.1) is 0 Å². The van der Waals surface area contributed by atoms with E-state index >= 15 is 0 Å². The van der Waals surface area contributed by atoms with Gasteiger partial charge in [0.1, 0.15) is 16.9 Å². The summed E-state index contributed by atoms with van der Waals surface area (Å²) in [5, 5.41) is 2.83. The van der Waals surface area contributed by atoms with Gasteiger partial charge in [0.05, 0.1) is 10.9 Å². The van der Waals surface area contributed by atoms with Crippen molar-refractivity contribution < 1.29 is 13.2 Å². The minimum atomic E-state index is -3.63. The zero-order valence-electron chi connectivity index (χ0n) is 13.4. The maximum absolute atomic E-state index is 12.3. The van der Waals surface area contributed by atoms with Crippen LogP contribution in [0.2, 0.25) is 0 Å². The van der Waals surface area contributed by atoms with Crippen LogP contribution in [0.4, 0.5) is 5.82 Å². The number of hydrazine groups is 1. The largest absolute Gasteiger partial charge is 0.338 e. The second kappa shape index (κ2) is 5.67. The van der Waals surface area contributed by atoms with Crippen molar-refractivity contribution in [2.24, 2.45) is 0 Å². The van der Waals surface area contributed by atoms with Crippen LogP contribution in [0.15, 0.2) is 29.4 Å². The summed E-state index contributed by atoms with van der Waals surface area (Å²) in [6, 6.07) is 4.98. The molecule has 1 saturated heterocycles. The highest BCUT2D eigenvalue weighted by Crippen LogP contribution is 2.32. The first-order chi connectivity index (χ1) is 12.0. The Hall–Kier alpha value is -2.72. The van der Waals surface area contributed by atoms with Crippen LogP contribution in [0.1, 0.15) is 12.8 Å². The molecule has 1 aliphatic heterocycles. The number of carbonyl (C=O) groups is 1. The number of nitrogens with zero attached hydrogens (tertiary/aromatic N) is 3. The Labute approximate surface area is 143 Å². The van der Waals surface area contributed by atoms with Crippen molar-refractivity contribution in [2.45, 2.75) is 17.7 Å². The van der Waals surface area contributed by atoms with Gasteiger partial charge < -0.3 is 4.98 Å². The number of carbonyl (C=O) groups excluding carboxylic acids is 1. The summed E-state index contributed by atoms with van der Waals surface area (Å²) in [7, 11) is -2.27. The number of nitrogens with one attached hydrogen (secondary N) is 3. The zero-order valence-corrected chi connectivity index (χ0v) is 14.2. The van der Waals surface area contributed by atoms with Crippen molar-refractivity contribution in [3.63, 3.8) is 0 Å². The number of sulfonamides is 1. The van der Waals surface area contributed by atoms with Gasteiger partial charge in [0.15, 0.2) is 5.82 Å². The fourth-order valence-electron chi connectivity index (χ4n) is 3.04. The molecule has 0 unspecified atom stereocenters. The Morgan fingerprint density at radius 2 is 2.12 bits per heavy atom. The van der Waals surface area contributed by atoms with E-state index in [0.29, 0.717) is 40.7 Å². The molecule has 0 aliphatic carbocycles. The van der Waals surface area contributed by atoms with Gasteiger partial charge in [-0.2, -0.15) is 0 Å². The van der Waals surface area contributed by atoms with Gasteiger partial charge in [0, 0.05) is 18.4 Å². The number of anilines is 1. The number of benzene rings is 1. The summed E-state index contributed by atoms with van der Waals surface area (Å²) in [6.45, 7) is 0.603. The van der Waals surface area contributed by atoms with Gasteiger partial charge in [0.2, 0.25) is 15.9 Å². The van der Waals surface area contributed by atoms with E-state index in [1.165, 1.54) is 24.5 Å². The van der Waals surface area contributed by atoms with Crippen molar-refractivity contribution >= 4 is 43.7 Å². The fraction of sp³-hybridized carbons (Fsp3) is 0.267. The molecule has 130 valence electrons. The van der Waals surface area contributed by atoms with Gasteiger partial charge in [-0.1, -0.05) is 12.1 Å². The van der Waals surface area contributed by atoms with Crippen molar-refractivity contribution in [1.29, 1.82) is 0 Å². The summed E-state index contributed by atoms with van der Waals surface area (Å²) in [6.07, 6.45) is 2.66. The molecule has 0 spiro atoms. The second-order valence-corrected chi connectivity index (χ2v) is 7.57. The van der Waals surface area contributed by atoms with Crippen LogP contribution < -0.4 is 10.1 Å². The number of amides is 1. The van der Waals surface area contributed by atoms with E-state index in [1.807, 2.05) is 0 Å². The topological polar surface area (TPSA) is 120 Å². The Balaban J connectivity index is 1.93. The highest BCUT2D eigenvalue weighted by atomic mass is 32.2. The SMILES string of the molecule is CNS(=O)(=O)c1cccc2c1[nH]c1ncnc(NN3CCCC3=O)c12. The van der Waals surface area contributed by atoms with E-state index in [1.54, 1.807) is 12.1 Å². The van der Waals surface area contributed by atoms with Crippen LogP contribution in [0.5, 0.6) is 0 Å². The zero-order chi connectivity index (χ0) is 17.6. The molecule has 0 radical (unpaired) electrons. The summed E-state index contributed by atoms with van der Waals surface area (Å²) in [5.41, 5.74) is 3.98. The molecule has 3 heterocycles. The van der Waals surface area contributed by atoms with Gasteiger partial charge in [0.25, 0.3) is 0 Å². The molecule has 1 fully saturated rings. The number of para-hydroxylation sites is 1. The third-order valence-electron chi connectivity index (χ3n) is 4.26. The molecule has 1 aromatic carbocycles. The molecule has 0 bridgehead atoms. The summed E-state index contributed by atoms with van der Waals surface area (Å²) < 4.78 is 26.8. The molecule has 1 amide bonds. The fourth-order valence-corrected chi connectivity index (χ4v) is 3.94. The highest BCUT2D eigenvalue weighted by Gasteiger charge is 2.23. The minimum absolute atomic E-state index is 0.00468. The molecular weight excluding hydrogens is 344 g/mol. The van der Waals surface area contributed by atoms with Crippen molar-refractivity contribution in [1.82, 2.24) is 24.7 Å². The normalized spacial score (nSPS) is 15.4. The van der Waals surface area contributed by atoms with Gasteiger partial charge in [-0.05, 0) is 19.5 Å². The maximum atomic E-state index is 12.3. The smallest absolute Gasteiger partial charge is 0.242 e. The lowest BCUT2D eigenvalue weighted by Gasteiger charge is -2.17. The van der Waals surface area contributed by atoms with Crippen molar-refractivity contribution in [3.05, 3.63) is 24.5 Å². The van der Waals surface area contributed by atoms with E-state index in [9.17, 15) is 13.2 Å². The van der Waals surface area contributed by atoms with Gasteiger partial charge in [-0.3, -0.25) is 15.2 Å². The summed E-state index contributed by atoms with van der Waals surface area (Å²) in [4.78, 5) is 23.5. The molecule has 0 atom stereocenters. The Kier molecular flexibility index (Phi) is 3.58. The monoisotopic (exact) mass is 360 g/mol. The van der Waals surface area contributed by atoms with E-state index in [0.717, 1.165) is 6.42 Å². The Morgan fingerprint density at radius 1 is 1.28 bits per heavy atom. The highest BCUT2D eigenvalue weighted by molar-refractivity contribution is 7.89. The lowest BCUT2D eigenvalue weighted by Crippen LogP contribution is -2.31. The number of rotatable bonds is 4. The third-order valence-corrected chi connectivity index (χ3v) is 5.72. The number of aromatic amines is 1. The number of H-pyrrole nitrogens is 1. The first-order valence-corrected chi connectivity index (χ1v) is 9.25. The average Bonchev–Trinajstić information content (AvgIpc) is 3.18. The molecule has 2 aromatic heterocycles. The molecule has 9 nitrogen and oxygen atoms in total. The predicted molar refractivity (Wildman–Crippen MR) is 92.2 cm³/mol. The van der Waals surface area contributed by atoms with Gasteiger partial charge >= 0.3 is 0 Å². The number of fused-ring (bicyclic) bond motifs is 3. The summed E-state index contributed by atoms with van der Waals surface area (Å²) in [5.74, 6) is 0.468. The van der Waals surface area contributed by atoms with E-state index < -0.39 is 10.0 Å². The van der Waals surface area contributed by atoms with E-state index in [-0.39, 0.29) is 10.8 Å². The number of aromatic nitrogens is 3. The van der Waals surface area contributed by atoms with E-state index in [4.69, 9.17) is 0 Å².